The predicted molar refractivity (Wildman–Crippen MR) is 105 cm³/mol. The molecule has 1 aliphatic rings. The maximum atomic E-state index is 13.0. The minimum absolute atomic E-state index is 0.0535. The Balaban J connectivity index is 1.66. The summed E-state index contributed by atoms with van der Waals surface area (Å²) in [5.41, 5.74) is 1.85. The van der Waals surface area contributed by atoms with Crippen molar-refractivity contribution in [1.82, 2.24) is 14.8 Å². The van der Waals surface area contributed by atoms with E-state index in [1.165, 1.54) is 5.56 Å². The molecule has 5 nitrogen and oxygen atoms in total. The number of carbonyl (C=O) groups is 1. The fourth-order valence-electron chi connectivity index (χ4n) is 3.23. The summed E-state index contributed by atoms with van der Waals surface area (Å²) >= 11 is 1.64. The molecule has 1 amide bonds. The smallest absolute Gasteiger partial charge is 0.257 e. The van der Waals surface area contributed by atoms with Crippen LogP contribution in [0.5, 0.6) is 5.75 Å². The van der Waals surface area contributed by atoms with Crippen LogP contribution in [0.15, 0.2) is 47.6 Å². The van der Waals surface area contributed by atoms with Gasteiger partial charge in [-0.25, -0.2) is 0 Å². The Morgan fingerprint density at radius 1 is 1.23 bits per heavy atom. The molecule has 0 unspecified atom stereocenters. The molecule has 0 spiro atoms. The van der Waals surface area contributed by atoms with Gasteiger partial charge in [0.2, 0.25) is 0 Å². The predicted octanol–water partition coefficient (Wildman–Crippen LogP) is 3.16. The van der Waals surface area contributed by atoms with Crippen LogP contribution in [0.25, 0.3) is 0 Å². The van der Waals surface area contributed by atoms with Crippen molar-refractivity contribution in [3.63, 3.8) is 0 Å². The highest BCUT2D eigenvalue weighted by Crippen LogP contribution is 2.26. The molecule has 1 fully saturated rings. The van der Waals surface area contributed by atoms with E-state index in [9.17, 15) is 4.79 Å². The number of rotatable bonds is 5. The van der Waals surface area contributed by atoms with Crippen LogP contribution in [0.1, 0.15) is 22.3 Å². The Hall–Kier alpha value is -2.05. The summed E-state index contributed by atoms with van der Waals surface area (Å²) in [7, 11) is 1.62. The van der Waals surface area contributed by atoms with E-state index in [1.807, 2.05) is 41.6 Å². The van der Waals surface area contributed by atoms with Crippen molar-refractivity contribution in [2.45, 2.75) is 17.9 Å². The molecule has 26 heavy (non-hydrogen) atoms. The molecule has 1 aromatic carbocycles. The minimum Gasteiger partial charge on any atom is -0.496 e. The molecular weight excluding hydrogens is 346 g/mol. The van der Waals surface area contributed by atoms with Crippen LogP contribution < -0.4 is 4.74 Å². The van der Waals surface area contributed by atoms with E-state index in [0.29, 0.717) is 11.3 Å². The summed E-state index contributed by atoms with van der Waals surface area (Å²) in [6, 6.07) is 9.86. The Kier molecular flexibility index (Phi) is 6.52. The summed E-state index contributed by atoms with van der Waals surface area (Å²) in [5, 5.41) is 0. The molecule has 1 aliphatic heterocycles. The number of hydrogen-bond donors (Lipinski definition) is 0. The van der Waals surface area contributed by atoms with Gasteiger partial charge >= 0.3 is 0 Å². The zero-order valence-corrected chi connectivity index (χ0v) is 16.2. The summed E-state index contributed by atoms with van der Waals surface area (Å²) in [5.74, 6) is 0.705. The number of aromatic nitrogens is 1. The van der Waals surface area contributed by atoms with E-state index in [4.69, 9.17) is 4.74 Å². The first-order valence-electron chi connectivity index (χ1n) is 8.84. The number of benzene rings is 1. The van der Waals surface area contributed by atoms with Gasteiger partial charge in [-0.05, 0) is 42.5 Å². The van der Waals surface area contributed by atoms with Crippen molar-refractivity contribution in [1.29, 1.82) is 0 Å². The summed E-state index contributed by atoms with van der Waals surface area (Å²) in [6.07, 6.45) is 6.69. The molecule has 6 heteroatoms. The first kappa shape index (κ1) is 18.7. The Labute approximate surface area is 159 Å². The lowest BCUT2D eigenvalue weighted by Crippen LogP contribution is -2.35. The summed E-state index contributed by atoms with van der Waals surface area (Å²) in [4.78, 5) is 22.6. The van der Waals surface area contributed by atoms with Crippen molar-refractivity contribution in [2.75, 3.05) is 39.5 Å². The Morgan fingerprint density at radius 3 is 2.85 bits per heavy atom. The van der Waals surface area contributed by atoms with Crippen molar-refractivity contribution >= 4 is 17.7 Å². The maximum Gasteiger partial charge on any atom is 0.257 e. The van der Waals surface area contributed by atoms with E-state index in [-0.39, 0.29) is 5.91 Å². The summed E-state index contributed by atoms with van der Waals surface area (Å²) in [6.45, 7) is 4.23. The standard InChI is InChI=1S/C20H25N3O2S/c1-25-19-13-17(26-2)6-7-18(19)20(24)23-10-4-9-22(11-12-23)15-16-5-3-8-21-14-16/h3,5-8,13-14H,4,9-12,15H2,1-2H3. The van der Waals surface area contributed by atoms with Gasteiger partial charge in [-0.2, -0.15) is 0 Å². The van der Waals surface area contributed by atoms with Crippen molar-refractivity contribution in [3.05, 3.63) is 53.9 Å². The number of hydrogen-bond acceptors (Lipinski definition) is 5. The topological polar surface area (TPSA) is 45.7 Å². The van der Waals surface area contributed by atoms with Crippen LogP contribution in [-0.2, 0) is 6.54 Å². The number of ether oxygens (including phenoxy) is 1. The molecule has 2 heterocycles. The SMILES string of the molecule is COc1cc(SC)ccc1C(=O)N1CCCN(Cc2cccnc2)CC1. The lowest BCUT2D eigenvalue weighted by atomic mass is 10.1. The second-order valence-corrected chi connectivity index (χ2v) is 7.23. The lowest BCUT2D eigenvalue weighted by molar-refractivity contribution is 0.0757. The highest BCUT2D eigenvalue weighted by molar-refractivity contribution is 7.98. The van der Waals surface area contributed by atoms with Crippen LogP contribution in [0.3, 0.4) is 0 Å². The lowest BCUT2D eigenvalue weighted by Gasteiger charge is -2.23. The van der Waals surface area contributed by atoms with Gasteiger partial charge in [0.25, 0.3) is 5.91 Å². The molecule has 0 bridgehead atoms. The van der Waals surface area contributed by atoms with Crippen LogP contribution in [-0.4, -0.2) is 60.2 Å². The molecular formula is C20H25N3O2S. The largest absolute Gasteiger partial charge is 0.496 e. The van der Waals surface area contributed by atoms with Crippen molar-refractivity contribution < 1.29 is 9.53 Å². The van der Waals surface area contributed by atoms with E-state index >= 15 is 0 Å². The van der Waals surface area contributed by atoms with Crippen LogP contribution in [0.4, 0.5) is 0 Å². The monoisotopic (exact) mass is 371 g/mol. The quantitative estimate of drug-likeness (QED) is 0.756. The van der Waals surface area contributed by atoms with E-state index in [0.717, 1.165) is 44.0 Å². The zero-order chi connectivity index (χ0) is 18.4. The molecule has 2 aromatic rings. The molecule has 0 aliphatic carbocycles. The van der Waals surface area contributed by atoms with Gasteiger partial charge in [0, 0.05) is 50.0 Å². The highest BCUT2D eigenvalue weighted by Gasteiger charge is 2.23. The third-order valence-corrected chi connectivity index (χ3v) is 5.37. The third kappa shape index (κ3) is 4.56. The van der Waals surface area contributed by atoms with Gasteiger partial charge in [-0.3, -0.25) is 14.7 Å². The molecule has 138 valence electrons. The first-order chi connectivity index (χ1) is 12.7. The second kappa shape index (κ2) is 9.05. The number of thioether (sulfide) groups is 1. The minimum atomic E-state index is 0.0535. The van der Waals surface area contributed by atoms with Crippen molar-refractivity contribution in [2.24, 2.45) is 0 Å². The number of amides is 1. The number of nitrogens with zero attached hydrogens (tertiary/aromatic N) is 3. The molecule has 0 N–H and O–H groups in total. The molecule has 0 radical (unpaired) electrons. The number of pyridine rings is 1. The van der Waals surface area contributed by atoms with E-state index in [2.05, 4.69) is 16.0 Å². The molecule has 3 rings (SSSR count). The number of carbonyl (C=O) groups excluding carboxylic acids is 1. The fourth-order valence-corrected chi connectivity index (χ4v) is 3.66. The van der Waals surface area contributed by atoms with Gasteiger partial charge in [0.1, 0.15) is 5.75 Å². The summed E-state index contributed by atoms with van der Waals surface area (Å²) < 4.78 is 5.45. The molecule has 1 aromatic heterocycles. The average Bonchev–Trinajstić information content (AvgIpc) is 2.93. The average molecular weight is 372 g/mol. The van der Waals surface area contributed by atoms with Gasteiger partial charge in [0.15, 0.2) is 0 Å². The second-order valence-electron chi connectivity index (χ2n) is 6.35. The first-order valence-corrected chi connectivity index (χ1v) is 10.1. The number of methoxy groups -OCH3 is 1. The van der Waals surface area contributed by atoms with Gasteiger partial charge in [0.05, 0.1) is 12.7 Å². The zero-order valence-electron chi connectivity index (χ0n) is 15.4. The van der Waals surface area contributed by atoms with Crippen molar-refractivity contribution in [3.8, 4) is 5.75 Å². The molecule has 0 saturated carbocycles. The maximum absolute atomic E-state index is 13.0. The highest BCUT2D eigenvalue weighted by atomic mass is 32.2. The van der Waals surface area contributed by atoms with Crippen LogP contribution in [0.2, 0.25) is 0 Å². The van der Waals surface area contributed by atoms with Gasteiger partial charge in [-0.1, -0.05) is 6.07 Å². The Bertz CT molecular complexity index is 739. The van der Waals surface area contributed by atoms with Gasteiger partial charge in [-0.15, -0.1) is 11.8 Å². The van der Waals surface area contributed by atoms with Gasteiger partial charge < -0.3 is 9.64 Å². The van der Waals surface area contributed by atoms with E-state index in [1.54, 1.807) is 25.1 Å². The third-order valence-electron chi connectivity index (χ3n) is 4.64. The normalized spacial score (nSPS) is 15.5. The van der Waals surface area contributed by atoms with Crippen LogP contribution >= 0.6 is 11.8 Å². The molecule has 0 atom stereocenters. The Morgan fingerprint density at radius 2 is 2.12 bits per heavy atom. The molecule has 1 saturated heterocycles. The van der Waals surface area contributed by atoms with Crippen LogP contribution in [0, 0.1) is 0 Å². The van der Waals surface area contributed by atoms with E-state index < -0.39 is 0 Å². The fraction of sp³-hybridized carbons (Fsp3) is 0.400.